The molecule has 132 valence electrons. The lowest BCUT2D eigenvalue weighted by Crippen LogP contribution is -2.71. The standard InChI is InChI=1S/C24H17BO2Si/c26-25(27)16-13-14-20-19-9-3-6-12-23(19)28(24(20)15-16)21-10-4-1-7-17(21)18-8-2-5-11-22(18)28/h1-15,26-27H. The van der Waals surface area contributed by atoms with Gasteiger partial charge in [-0.05, 0) is 48.5 Å². The van der Waals surface area contributed by atoms with Crippen molar-refractivity contribution in [3.8, 4) is 22.3 Å². The third-order valence-electron chi connectivity index (χ3n) is 6.32. The predicted octanol–water partition coefficient (Wildman–Crippen LogP) is 0.705. The minimum Gasteiger partial charge on any atom is -0.423 e. The van der Waals surface area contributed by atoms with Crippen LogP contribution in [0.25, 0.3) is 22.3 Å². The Morgan fingerprint density at radius 2 is 0.929 bits per heavy atom. The molecule has 0 radical (unpaired) electrons. The van der Waals surface area contributed by atoms with Gasteiger partial charge in [0.05, 0.1) is 0 Å². The van der Waals surface area contributed by atoms with E-state index in [0.717, 1.165) is 0 Å². The Labute approximate surface area is 164 Å². The van der Waals surface area contributed by atoms with Gasteiger partial charge in [-0.2, -0.15) is 0 Å². The minimum atomic E-state index is -2.45. The van der Waals surface area contributed by atoms with Crippen molar-refractivity contribution >= 4 is 41.4 Å². The molecular weight excluding hydrogens is 359 g/mol. The van der Waals surface area contributed by atoms with Gasteiger partial charge in [-0.25, -0.2) is 0 Å². The van der Waals surface area contributed by atoms with Crippen LogP contribution >= 0.6 is 0 Å². The van der Waals surface area contributed by atoms with E-state index in [4.69, 9.17) is 0 Å². The largest absolute Gasteiger partial charge is 0.488 e. The van der Waals surface area contributed by atoms with Gasteiger partial charge in [0.15, 0.2) is 8.07 Å². The van der Waals surface area contributed by atoms with Crippen LogP contribution in [0.15, 0.2) is 91.0 Å². The molecule has 2 aliphatic heterocycles. The van der Waals surface area contributed by atoms with E-state index in [1.54, 1.807) is 0 Å². The fourth-order valence-electron chi connectivity index (χ4n) is 5.27. The number of benzene rings is 4. The first-order valence-corrected chi connectivity index (χ1v) is 11.5. The summed E-state index contributed by atoms with van der Waals surface area (Å²) in [6.07, 6.45) is 0. The molecule has 6 rings (SSSR count). The van der Waals surface area contributed by atoms with E-state index in [1.165, 1.54) is 43.0 Å². The maximum atomic E-state index is 9.86. The number of rotatable bonds is 1. The first-order valence-electron chi connectivity index (χ1n) is 9.53. The van der Waals surface area contributed by atoms with Gasteiger partial charge < -0.3 is 10.0 Å². The van der Waals surface area contributed by atoms with Crippen molar-refractivity contribution in [1.82, 2.24) is 0 Å². The third kappa shape index (κ3) is 1.80. The van der Waals surface area contributed by atoms with E-state index < -0.39 is 15.2 Å². The van der Waals surface area contributed by atoms with Crippen LogP contribution < -0.4 is 26.2 Å². The molecule has 4 heteroatoms. The highest BCUT2D eigenvalue weighted by Gasteiger charge is 2.53. The summed E-state index contributed by atoms with van der Waals surface area (Å²) in [5.41, 5.74) is 5.66. The summed E-state index contributed by atoms with van der Waals surface area (Å²) >= 11 is 0. The van der Waals surface area contributed by atoms with Crippen molar-refractivity contribution < 1.29 is 10.0 Å². The lowest BCUT2D eigenvalue weighted by Gasteiger charge is -2.28. The van der Waals surface area contributed by atoms with Gasteiger partial charge in [0, 0.05) is 0 Å². The van der Waals surface area contributed by atoms with E-state index in [1.807, 2.05) is 12.1 Å². The van der Waals surface area contributed by atoms with Crippen LogP contribution in [0.2, 0.25) is 0 Å². The molecule has 4 aromatic carbocycles. The van der Waals surface area contributed by atoms with Gasteiger partial charge in [-0.3, -0.25) is 0 Å². The number of fused-ring (bicyclic) bond motifs is 10. The van der Waals surface area contributed by atoms with Crippen LogP contribution in [0.4, 0.5) is 0 Å². The van der Waals surface area contributed by atoms with Crippen LogP contribution in [0, 0.1) is 0 Å². The Balaban J connectivity index is 1.83. The third-order valence-corrected chi connectivity index (χ3v) is 11.3. The molecule has 0 unspecified atom stereocenters. The van der Waals surface area contributed by atoms with Crippen LogP contribution in [0.1, 0.15) is 0 Å². The summed E-state index contributed by atoms with van der Waals surface area (Å²) in [5.74, 6) is 0. The summed E-state index contributed by atoms with van der Waals surface area (Å²) < 4.78 is 0. The van der Waals surface area contributed by atoms with Crippen molar-refractivity contribution in [2.45, 2.75) is 0 Å². The molecule has 0 aliphatic carbocycles. The zero-order valence-corrected chi connectivity index (χ0v) is 16.1. The van der Waals surface area contributed by atoms with Gasteiger partial charge in [-0.15, -0.1) is 0 Å². The summed E-state index contributed by atoms with van der Waals surface area (Å²) in [4.78, 5) is 0. The van der Waals surface area contributed by atoms with Crippen LogP contribution in [0.3, 0.4) is 0 Å². The molecule has 2 N–H and O–H groups in total. The number of hydrogen-bond acceptors (Lipinski definition) is 2. The molecular formula is C24H17BO2Si. The molecule has 2 heterocycles. The fourth-order valence-corrected chi connectivity index (χ4v) is 10.9. The van der Waals surface area contributed by atoms with E-state index in [9.17, 15) is 10.0 Å². The SMILES string of the molecule is OB(O)c1ccc2c(c1)[Si]1(c3ccccc3-c3ccccc31)c1ccccc1-2. The second-order valence-electron chi connectivity index (χ2n) is 7.57. The molecule has 0 saturated carbocycles. The molecule has 2 aliphatic rings. The average Bonchev–Trinajstić information content (AvgIpc) is 3.21. The molecule has 0 atom stereocenters. The summed E-state index contributed by atoms with van der Waals surface area (Å²) in [5, 5.41) is 25.2. The van der Waals surface area contributed by atoms with Crippen molar-refractivity contribution in [2.24, 2.45) is 0 Å². The minimum absolute atomic E-state index is 0.556. The van der Waals surface area contributed by atoms with E-state index in [-0.39, 0.29) is 0 Å². The second kappa shape index (κ2) is 5.55. The Morgan fingerprint density at radius 3 is 1.39 bits per heavy atom. The molecule has 4 aromatic rings. The summed E-state index contributed by atoms with van der Waals surface area (Å²) in [7, 11) is -3.92. The maximum Gasteiger partial charge on any atom is 0.488 e. The van der Waals surface area contributed by atoms with Crippen LogP contribution in [-0.2, 0) is 0 Å². The van der Waals surface area contributed by atoms with E-state index >= 15 is 0 Å². The highest BCUT2D eigenvalue weighted by atomic mass is 28.3. The summed E-state index contributed by atoms with van der Waals surface area (Å²) in [6.45, 7) is 0. The van der Waals surface area contributed by atoms with Gasteiger partial charge in [0.2, 0.25) is 0 Å². The Morgan fingerprint density at radius 1 is 0.500 bits per heavy atom. The lowest BCUT2D eigenvalue weighted by atomic mass is 9.80. The normalized spacial score (nSPS) is 14.4. The van der Waals surface area contributed by atoms with Gasteiger partial charge in [0.25, 0.3) is 0 Å². The number of hydrogen-bond donors (Lipinski definition) is 2. The average molecular weight is 376 g/mol. The van der Waals surface area contributed by atoms with Crippen LogP contribution in [0.5, 0.6) is 0 Å². The Kier molecular flexibility index (Phi) is 3.19. The van der Waals surface area contributed by atoms with Gasteiger partial charge in [-0.1, -0.05) is 91.0 Å². The van der Waals surface area contributed by atoms with E-state index in [0.29, 0.717) is 5.46 Å². The van der Waals surface area contributed by atoms with Crippen LogP contribution in [-0.4, -0.2) is 25.2 Å². The maximum absolute atomic E-state index is 9.86. The summed E-state index contributed by atoms with van der Waals surface area (Å²) in [6, 6.07) is 32.1. The zero-order valence-electron chi connectivity index (χ0n) is 15.1. The second-order valence-corrected chi connectivity index (χ2v) is 11.2. The molecule has 1 spiro atoms. The van der Waals surface area contributed by atoms with Gasteiger partial charge >= 0.3 is 7.12 Å². The monoisotopic (exact) mass is 376 g/mol. The molecule has 0 fully saturated rings. The molecule has 2 nitrogen and oxygen atoms in total. The highest BCUT2D eigenvalue weighted by Crippen LogP contribution is 2.35. The van der Waals surface area contributed by atoms with Crippen molar-refractivity contribution in [3.05, 3.63) is 91.0 Å². The van der Waals surface area contributed by atoms with Gasteiger partial charge in [0.1, 0.15) is 0 Å². The first kappa shape index (κ1) is 16.1. The highest BCUT2D eigenvalue weighted by molar-refractivity contribution is 7.24. The topological polar surface area (TPSA) is 40.5 Å². The quantitative estimate of drug-likeness (QED) is 0.415. The van der Waals surface area contributed by atoms with Crippen molar-refractivity contribution in [3.63, 3.8) is 0 Å². The van der Waals surface area contributed by atoms with Crippen molar-refractivity contribution in [1.29, 1.82) is 0 Å². The Bertz CT molecular complexity index is 1200. The predicted molar refractivity (Wildman–Crippen MR) is 118 cm³/mol. The van der Waals surface area contributed by atoms with Crippen molar-refractivity contribution in [2.75, 3.05) is 0 Å². The fraction of sp³-hybridized carbons (Fsp3) is 0. The lowest BCUT2D eigenvalue weighted by molar-refractivity contribution is 0.426. The molecule has 28 heavy (non-hydrogen) atoms. The zero-order chi connectivity index (χ0) is 18.9. The molecule has 0 bridgehead atoms. The Hall–Kier alpha value is -2.92. The van der Waals surface area contributed by atoms with E-state index in [2.05, 4.69) is 78.9 Å². The molecule has 0 saturated heterocycles. The first-order chi connectivity index (χ1) is 13.7. The molecule has 0 aromatic heterocycles. The molecule has 0 amide bonds. The smallest absolute Gasteiger partial charge is 0.423 e.